The smallest absolute Gasteiger partial charge is 0.191 e. The van der Waals surface area contributed by atoms with Crippen LogP contribution in [-0.2, 0) is 22.9 Å². The number of rotatable bonds is 10. The van der Waals surface area contributed by atoms with Crippen LogP contribution < -0.4 is 4.73 Å². The molecule has 0 aliphatic carbocycles. The molecule has 0 aliphatic heterocycles. The van der Waals surface area contributed by atoms with Crippen LogP contribution in [0.1, 0.15) is 22.6 Å². The van der Waals surface area contributed by atoms with Crippen LogP contribution in [0.4, 0.5) is 0 Å². The molecule has 0 aliphatic rings. The molecule has 212 valence electrons. The van der Waals surface area contributed by atoms with E-state index in [9.17, 15) is 5.21 Å². The second-order valence-electron chi connectivity index (χ2n) is 11.1. The summed E-state index contributed by atoms with van der Waals surface area (Å²) in [5.74, 6) is 0. The van der Waals surface area contributed by atoms with Gasteiger partial charge in [0, 0.05) is 54.6 Å². The molecule has 0 N–H and O–H groups in total. The van der Waals surface area contributed by atoms with Crippen molar-refractivity contribution in [2.75, 3.05) is 13.2 Å². The molecule has 4 rings (SSSR count). The van der Waals surface area contributed by atoms with E-state index in [1.165, 1.54) is 18.4 Å². The molecule has 38 heavy (non-hydrogen) atoms. The van der Waals surface area contributed by atoms with Gasteiger partial charge in [-0.15, -0.1) is 0 Å². The van der Waals surface area contributed by atoms with Gasteiger partial charge < -0.3 is 14.7 Å². The van der Waals surface area contributed by atoms with Gasteiger partial charge in [-0.1, -0.05) is 60.5 Å². The lowest BCUT2D eigenvalue weighted by Crippen LogP contribution is -2.23. The predicted molar refractivity (Wildman–Crippen MR) is 163 cm³/mol. The van der Waals surface area contributed by atoms with Gasteiger partial charge in [-0.3, -0.25) is 4.98 Å². The zero-order valence-corrected chi connectivity index (χ0v) is 25.5. The normalized spacial score (nSPS) is 11.7. The van der Waals surface area contributed by atoms with Crippen LogP contribution in [0.3, 0.4) is 0 Å². The second kappa shape index (κ2) is 15.7. The summed E-state index contributed by atoms with van der Waals surface area (Å²) < 4.78 is 22.0. The number of hydrogen-bond donors (Lipinski definition) is 0. The quantitative estimate of drug-likeness (QED) is 0.0964. The van der Waals surface area contributed by atoms with Crippen molar-refractivity contribution in [3.05, 3.63) is 54.5 Å². The molecule has 4 aromatic rings. The molecule has 0 radical (unpaired) electrons. The van der Waals surface area contributed by atoms with E-state index in [2.05, 4.69) is 54.5 Å². The maximum Gasteiger partial charge on any atom is 0.191 e. The maximum atomic E-state index is 11.1. The fraction of sp³-hybridized carbons (Fsp3) is 0.556. The highest BCUT2D eigenvalue weighted by Crippen LogP contribution is 2.13. The minimum absolute atomic E-state index is 0. The predicted octanol–water partition coefficient (Wildman–Crippen LogP) is 6.39. The van der Waals surface area contributed by atoms with Crippen LogP contribution >= 0.6 is 0 Å². The van der Waals surface area contributed by atoms with Gasteiger partial charge in [0.05, 0.1) is 28.8 Å². The summed E-state index contributed by atoms with van der Waals surface area (Å²) in [5, 5.41) is 21.5. The van der Waals surface area contributed by atoms with Gasteiger partial charge in [0.2, 0.25) is 0 Å². The number of hydrogen-bond acceptors (Lipinski definition) is 6. The Hall–Kier alpha value is -2.61. The molecule has 9 nitrogen and oxygen atoms in total. The molecule has 0 saturated heterocycles. The maximum absolute atomic E-state index is 11.1. The van der Waals surface area contributed by atoms with Crippen molar-refractivity contribution in [3.8, 4) is 0 Å². The molecule has 11 heteroatoms. The molecule has 0 fully saturated rings. The largest absolute Gasteiger partial charge is 0.619 e. The van der Waals surface area contributed by atoms with E-state index in [-0.39, 0.29) is 7.43 Å². The molecule has 0 spiro atoms. The third-order valence-electron chi connectivity index (χ3n) is 5.42. The first-order valence-corrected chi connectivity index (χ1v) is 20.1. The van der Waals surface area contributed by atoms with Crippen molar-refractivity contribution in [3.63, 3.8) is 0 Å². The van der Waals surface area contributed by atoms with Gasteiger partial charge in [-0.25, -0.2) is 9.36 Å². The van der Waals surface area contributed by atoms with Crippen molar-refractivity contribution < 1.29 is 15.6 Å². The molecule has 0 bridgehead atoms. The number of nitrogens with zero attached hydrogens (tertiary/aromatic N) is 6. The van der Waals surface area contributed by atoms with E-state index >= 15 is 0 Å². The second-order valence-corrected chi connectivity index (χ2v) is 22.3. The van der Waals surface area contributed by atoms with Crippen LogP contribution in [0, 0.1) is 5.21 Å². The Labute approximate surface area is 231 Å². The van der Waals surface area contributed by atoms with Gasteiger partial charge in [0.1, 0.15) is 13.5 Å². The Morgan fingerprint density at radius 2 is 1.37 bits per heavy atom. The average molecular weight is 562 g/mol. The summed E-state index contributed by atoms with van der Waals surface area (Å²) in [6, 6.07) is 6.06. The van der Waals surface area contributed by atoms with Crippen LogP contribution in [0.5, 0.6) is 0 Å². The summed E-state index contributed by atoms with van der Waals surface area (Å²) in [4.78, 5) is 4.07. The zero-order chi connectivity index (χ0) is 28.2. The Kier molecular flexibility index (Phi) is 13.1. The summed E-state index contributed by atoms with van der Waals surface area (Å²) in [7, 11) is -2.04. The van der Waals surface area contributed by atoms with E-state index in [1.807, 2.05) is 23.1 Å². The standard InChI is InChI=1S/C12H19N3O2Si.C12H19N3OSi.C2H6.CH4/c1-18(2,3)7-6-17-10-15-12-4-5-14(16)9-11(12)8-13-15;1-17(2,3)7-6-16-10-15-12-4-5-13-8-11(12)9-14-15;1-2;/h4-5,8-9H,6-7,10H2,1-3H3;4-5,8-9H,6-7,10H2,1-3H3;1-2H3;1H4/i;;1D;. The van der Waals surface area contributed by atoms with Crippen molar-refractivity contribution in [2.24, 2.45) is 0 Å². The van der Waals surface area contributed by atoms with Gasteiger partial charge in [0.25, 0.3) is 0 Å². The van der Waals surface area contributed by atoms with Crippen molar-refractivity contribution in [1.82, 2.24) is 24.5 Å². The third-order valence-corrected chi connectivity index (χ3v) is 8.83. The van der Waals surface area contributed by atoms with Crippen molar-refractivity contribution in [2.45, 2.75) is 86.1 Å². The fourth-order valence-corrected chi connectivity index (χ4v) is 4.72. The Balaban J connectivity index is 0.000000347. The lowest BCUT2D eigenvalue weighted by Gasteiger charge is -2.15. The van der Waals surface area contributed by atoms with Crippen molar-refractivity contribution >= 4 is 38.0 Å². The van der Waals surface area contributed by atoms with Crippen LogP contribution in [-0.4, -0.2) is 53.9 Å². The summed E-state index contributed by atoms with van der Waals surface area (Å²) in [5.41, 5.74) is 2.00. The molecule has 4 heterocycles. The molecule has 0 aromatic carbocycles. The van der Waals surface area contributed by atoms with Crippen LogP contribution in [0.2, 0.25) is 51.4 Å². The number of fused-ring (bicyclic) bond motifs is 2. The minimum Gasteiger partial charge on any atom is -0.619 e. The van der Waals surface area contributed by atoms with Crippen LogP contribution in [0.25, 0.3) is 21.8 Å². The van der Waals surface area contributed by atoms with Gasteiger partial charge in [-0.2, -0.15) is 14.9 Å². The average Bonchev–Trinajstić information content (AvgIpc) is 3.43. The SMILES string of the molecule is C.C[Si](C)(C)CCOCn1ncc2c[n+]([O-])ccc21.C[Si](C)(C)CCOCn1ncc2cnccc21.[2H]CC. The lowest BCUT2D eigenvalue weighted by molar-refractivity contribution is -0.603. The molecular formula is C27H48N6O3Si2. The van der Waals surface area contributed by atoms with Crippen LogP contribution in [0.15, 0.2) is 49.3 Å². The van der Waals surface area contributed by atoms with Gasteiger partial charge in [0.15, 0.2) is 12.4 Å². The molecule has 4 aromatic heterocycles. The highest BCUT2D eigenvalue weighted by molar-refractivity contribution is 6.76. The summed E-state index contributed by atoms with van der Waals surface area (Å²) >= 11 is 0. The highest BCUT2D eigenvalue weighted by atomic mass is 28.3. The van der Waals surface area contributed by atoms with E-state index in [1.54, 1.807) is 30.1 Å². The zero-order valence-electron chi connectivity index (χ0n) is 24.5. The molecule has 0 amide bonds. The minimum atomic E-state index is -1.04. The van der Waals surface area contributed by atoms with Gasteiger partial charge in [-0.05, 0) is 18.2 Å². The van der Waals surface area contributed by atoms with E-state index in [4.69, 9.17) is 10.8 Å². The van der Waals surface area contributed by atoms with Gasteiger partial charge >= 0.3 is 0 Å². The Morgan fingerprint density at radius 3 is 1.89 bits per heavy atom. The molecule has 0 atom stereocenters. The number of ether oxygens (including phenoxy) is 2. The molecule has 0 unspecified atom stereocenters. The number of aromatic nitrogens is 6. The monoisotopic (exact) mass is 561 g/mol. The lowest BCUT2D eigenvalue weighted by atomic mass is 10.3. The number of pyridine rings is 2. The van der Waals surface area contributed by atoms with E-state index < -0.39 is 16.1 Å². The summed E-state index contributed by atoms with van der Waals surface area (Å²) in [6.07, 6.45) is 10.1. The van der Waals surface area contributed by atoms with E-state index in [0.29, 0.717) is 20.4 Å². The first kappa shape index (κ1) is 31.6. The third kappa shape index (κ3) is 11.4. The topological polar surface area (TPSA) is 93.9 Å². The highest BCUT2D eigenvalue weighted by Gasteiger charge is 2.13. The van der Waals surface area contributed by atoms with Crippen molar-refractivity contribution in [1.29, 1.82) is 0 Å². The fourth-order valence-electron chi connectivity index (χ4n) is 3.21. The summed E-state index contributed by atoms with van der Waals surface area (Å²) in [6.45, 7) is 18.9. The molecule has 0 saturated carbocycles. The first-order valence-electron chi connectivity index (χ1n) is 13.4. The Bertz CT molecular complexity index is 1240. The Morgan fingerprint density at radius 1 is 0.868 bits per heavy atom. The molecular weight excluding hydrogens is 513 g/mol. The first-order chi connectivity index (χ1) is 17.9. The van der Waals surface area contributed by atoms with E-state index in [0.717, 1.165) is 45.8 Å².